The van der Waals surface area contributed by atoms with Crippen molar-refractivity contribution in [2.24, 2.45) is 0 Å². The molecule has 0 saturated carbocycles. The molecule has 0 amide bonds. The Morgan fingerprint density at radius 3 is 2.95 bits per heavy atom. The van der Waals surface area contributed by atoms with Gasteiger partial charge in [0.1, 0.15) is 0 Å². The van der Waals surface area contributed by atoms with Gasteiger partial charge in [-0.3, -0.25) is 4.40 Å². The summed E-state index contributed by atoms with van der Waals surface area (Å²) in [5, 5.41) is 5.46. The zero-order valence-electron chi connectivity index (χ0n) is 12.3. The lowest BCUT2D eigenvalue weighted by molar-refractivity contribution is 0.574. The molecule has 21 heavy (non-hydrogen) atoms. The van der Waals surface area contributed by atoms with Crippen molar-refractivity contribution in [3.8, 4) is 0 Å². The number of imidazole rings is 1. The van der Waals surface area contributed by atoms with Crippen LogP contribution in [-0.2, 0) is 10.0 Å². The van der Waals surface area contributed by atoms with E-state index in [4.69, 9.17) is 0 Å². The molecule has 1 unspecified atom stereocenters. The summed E-state index contributed by atoms with van der Waals surface area (Å²) in [7, 11) is -3.58. The van der Waals surface area contributed by atoms with Gasteiger partial charge in [-0.1, -0.05) is 6.92 Å². The van der Waals surface area contributed by atoms with Crippen LogP contribution in [0.2, 0.25) is 0 Å². The lowest BCUT2D eigenvalue weighted by Crippen LogP contribution is -2.28. The molecule has 6 nitrogen and oxygen atoms in total. The maximum atomic E-state index is 12.6. The maximum absolute atomic E-state index is 12.6. The van der Waals surface area contributed by atoms with Crippen LogP contribution in [0.1, 0.15) is 20.3 Å². The first-order valence-electron chi connectivity index (χ1n) is 6.71. The first kappa shape index (κ1) is 16.6. The number of nitrogens with one attached hydrogen (secondary N) is 2. The minimum Gasteiger partial charge on any atom is -0.368 e. The maximum Gasteiger partial charge on any atom is 0.260 e. The van der Waals surface area contributed by atoms with Gasteiger partial charge in [-0.2, -0.15) is 11.8 Å². The molecule has 2 heterocycles. The number of anilines is 1. The number of aromatic nitrogens is 2. The standard InChI is InChI=1S/C12H20N4O2S3/c1-4-13-10-11(16-7-8-20-12(16)15-10)21(17,18)14-6-5-9(2)19-3/h7-9,13-14H,4-6H2,1-3H3. The van der Waals surface area contributed by atoms with Crippen LogP contribution in [0.15, 0.2) is 16.6 Å². The van der Waals surface area contributed by atoms with Gasteiger partial charge in [0, 0.05) is 29.9 Å². The number of nitrogens with zero attached hydrogens (tertiary/aromatic N) is 2. The predicted octanol–water partition coefficient (Wildman–Crippen LogP) is 2.25. The molecule has 118 valence electrons. The van der Waals surface area contributed by atoms with E-state index < -0.39 is 10.0 Å². The highest BCUT2D eigenvalue weighted by molar-refractivity contribution is 7.99. The van der Waals surface area contributed by atoms with Crippen molar-refractivity contribution in [3.05, 3.63) is 11.6 Å². The molecule has 0 saturated heterocycles. The van der Waals surface area contributed by atoms with Gasteiger partial charge in [-0.05, 0) is 19.6 Å². The second kappa shape index (κ2) is 6.99. The summed E-state index contributed by atoms with van der Waals surface area (Å²) < 4.78 is 29.4. The molecule has 2 aromatic rings. The Kier molecular flexibility index (Phi) is 5.53. The summed E-state index contributed by atoms with van der Waals surface area (Å²) in [5.74, 6) is 0.412. The fourth-order valence-electron chi connectivity index (χ4n) is 1.89. The van der Waals surface area contributed by atoms with Crippen LogP contribution >= 0.6 is 23.1 Å². The van der Waals surface area contributed by atoms with Crippen LogP contribution in [0.3, 0.4) is 0 Å². The van der Waals surface area contributed by atoms with Crippen LogP contribution < -0.4 is 10.0 Å². The molecule has 0 aliphatic carbocycles. The fraction of sp³-hybridized carbons (Fsp3) is 0.583. The first-order chi connectivity index (χ1) is 9.99. The van der Waals surface area contributed by atoms with Gasteiger partial charge in [0.15, 0.2) is 15.8 Å². The second-order valence-electron chi connectivity index (χ2n) is 4.58. The van der Waals surface area contributed by atoms with Gasteiger partial charge >= 0.3 is 0 Å². The van der Waals surface area contributed by atoms with E-state index in [1.54, 1.807) is 22.4 Å². The minimum absolute atomic E-state index is 0.192. The topological polar surface area (TPSA) is 75.5 Å². The minimum atomic E-state index is -3.58. The smallest absolute Gasteiger partial charge is 0.260 e. The zero-order chi connectivity index (χ0) is 15.5. The number of thioether (sulfide) groups is 1. The Bertz CT molecular complexity index is 692. The van der Waals surface area contributed by atoms with Crippen LogP contribution in [0.4, 0.5) is 5.82 Å². The number of hydrogen-bond acceptors (Lipinski definition) is 6. The van der Waals surface area contributed by atoms with Gasteiger partial charge in [-0.25, -0.2) is 18.1 Å². The van der Waals surface area contributed by atoms with E-state index >= 15 is 0 Å². The summed E-state index contributed by atoms with van der Waals surface area (Å²) in [6.45, 7) is 5.04. The highest BCUT2D eigenvalue weighted by Crippen LogP contribution is 2.25. The lowest BCUT2D eigenvalue weighted by atomic mass is 10.3. The van der Waals surface area contributed by atoms with Gasteiger partial charge in [-0.15, -0.1) is 11.3 Å². The van der Waals surface area contributed by atoms with Crippen LogP contribution in [0.25, 0.3) is 4.96 Å². The van der Waals surface area contributed by atoms with Gasteiger partial charge in [0.25, 0.3) is 10.0 Å². The van der Waals surface area contributed by atoms with E-state index in [1.165, 1.54) is 11.3 Å². The Morgan fingerprint density at radius 2 is 2.29 bits per heavy atom. The SMILES string of the molecule is CCNc1nc2sccn2c1S(=O)(=O)NCCC(C)SC. The molecule has 0 fully saturated rings. The van der Waals surface area contributed by atoms with E-state index in [9.17, 15) is 8.42 Å². The van der Waals surface area contributed by atoms with E-state index in [2.05, 4.69) is 21.9 Å². The van der Waals surface area contributed by atoms with Crippen LogP contribution in [-0.4, -0.2) is 42.4 Å². The Balaban J connectivity index is 2.25. The molecule has 2 N–H and O–H groups in total. The summed E-state index contributed by atoms with van der Waals surface area (Å²) in [5.41, 5.74) is 0. The molecular weight excluding hydrogens is 328 g/mol. The van der Waals surface area contributed by atoms with Crippen molar-refractivity contribution in [2.75, 3.05) is 24.7 Å². The van der Waals surface area contributed by atoms with Gasteiger partial charge in [0.2, 0.25) is 0 Å². The largest absolute Gasteiger partial charge is 0.368 e. The third kappa shape index (κ3) is 3.71. The van der Waals surface area contributed by atoms with E-state index in [0.717, 1.165) is 6.42 Å². The molecule has 0 spiro atoms. The monoisotopic (exact) mass is 348 g/mol. The van der Waals surface area contributed by atoms with Crippen molar-refractivity contribution < 1.29 is 8.42 Å². The van der Waals surface area contributed by atoms with Crippen molar-refractivity contribution in [1.82, 2.24) is 14.1 Å². The second-order valence-corrected chi connectivity index (χ2v) is 8.42. The molecule has 0 aliphatic heterocycles. The molecular formula is C12H20N4O2S3. The first-order valence-corrected chi connectivity index (χ1v) is 10.4. The van der Waals surface area contributed by atoms with Crippen molar-refractivity contribution in [3.63, 3.8) is 0 Å². The molecule has 9 heteroatoms. The van der Waals surface area contributed by atoms with Gasteiger partial charge in [0.05, 0.1) is 0 Å². The summed E-state index contributed by atoms with van der Waals surface area (Å²) in [6.07, 6.45) is 4.55. The molecule has 2 aromatic heterocycles. The molecule has 0 aliphatic rings. The molecule has 0 radical (unpaired) electrons. The fourth-order valence-corrected chi connectivity index (χ4v) is 4.31. The normalized spacial score (nSPS) is 13.7. The average Bonchev–Trinajstić information content (AvgIpc) is 2.98. The number of fused-ring (bicyclic) bond motifs is 1. The predicted molar refractivity (Wildman–Crippen MR) is 90.0 cm³/mol. The lowest BCUT2D eigenvalue weighted by Gasteiger charge is -2.10. The summed E-state index contributed by atoms with van der Waals surface area (Å²) in [4.78, 5) is 5.01. The van der Waals surface area contributed by atoms with Crippen molar-refractivity contribution in [2.45, 2.75) is 30.5 Å². The third-order valence-electron chi connectivity index (χ3n) is 3.06. The summed E-state index contributed by atoms with van der Waals surface area (Å²) in [6, 6.07) is 0. The number of rotatable bonds is 8. The highest BCUT2D eigenvalue weighted by atomic mass is 32.2. The van der Waals surface area contributed by atoms with Crippen molar-refractivity contribution >= 4 is 43.9 Å². The van der Waals surface area contributed by atoms with E-state index in [0.29, 0.717) is 29.1 Å². The number of sulfonamides is 1. The Labute approximate surface area is 133 Å². The quantitative estimate of drug-likeness (QED) is 0.765. The Morgan fingerprint density at radius 1 is 1.52 bits per heavy atom. The Hall–Kier alpha value is -0.770. The molecule has 0 aromatic carbocycles. The van der Waals surface area contributed by atoms with Gasteiger partial charge < -0.3 is 5.32 Å². The highest BCUT2D eigenvalue weighted by Gasteiger charge is 2.25. The number of thiazole rings is 1. The zero-order valence-corrected chi connectivity index (χ0v) is 14.7. The molecule has 2 rings (SSSR count). The number of hydrogen-bond donors (Lipinski definition) is 2. The van der Waals surface area contributed by atoms with Crippen LogP contribution in [0.5, 0.6) is 0 Å². The third-order valence-corrected chi connectivity index (χ3v) is 6.34. The molecule has 1 atom stereocenters. The van der Waals surface area contributed by atoms with E-state index in [1.807, 2.05) is 18.6 Å². The molecule has 0 bridgehead atoms. The van der Waals surface area contributed by atoms with Crippen LogP contribution in [0, 0.1) is 0 Å². The van der Waals surface area contributed by atoms with E-state index in [-0.39, 0.29) is 5.03 Å². The van der Waals surface area contributed by atoms with Crippen molar-refractivity contribution in [1.29, 1.82) is 0 Å². The average molecular weight is 349 g/mol. The summed E-state index contributed by atoms with van der Waals surface area (Å²) >= 11 is 3.14.